The van der Waals surface area contributed by atoms with E-state index in [1.807, 2.05) is 7.05 Å². The lowest BCUT2D eigenvalue weighted by atomic mass is 10.4. The Labute approximate surface area is 99.1 Å². The number of hydrogen-bond donors (Lipinski definition) is 2. The molecule has 8 heteroatoms. The maximum Gasteiger partial charge on any atom is 0.287 e. The Hall–Kier alpha value is 0.910. The third-order valence-electron chi connectivity index (χ3n) is 1.27. The summed E-state index contributed by atoms with van der Waals surface area (Å²) < 4.78 is 27.6. The molecule has 0 radical (unpaired) electrons. The second-order valence-corrected chi connectivity index (χ2v) is 7.10. The molecule has 0 fully saturated rings. The molecular weight excluding hydrogens is 325 g/mol. The number of thiol groups is 1. The molecule has 0 aliphatic carbocycles. The molecule has 0 saturated heterocycles. The van der Waals surface area contributed by atoms with Crippen LogP contribution in [0.5, 0.6) is 0 Å². The molecule has 0 saturated carbocycles. The third-order valence-corrected chi connectivity index (χ3v) is 4.26. The Morgan fingerprint density at radius 1 is 1.46 bits per heavy atom. The third kappa shape index (κ3) is 6.91. The van der Waals surface area contributed by atoms with Crippen LogP contribution >= 0.6 is 35.7 Å². The minimum atomic E-state index is -3.27. The van der Waals surface area contributed by atoms with Gasteiger partial charge in [0.2, 0.25) is 0 Å². The summed E-state index contributed by atoms with van der Waals surface area (Å²) in [5, 5.41) is 0. The number of nitrogens with one attached hydrogen (secondary N) is 1. The van der Waals surface area contributed by atoms with E-state index in [0.717, 1.165) is 15.5 Å². The average Bonchev–Trinajstić information content (AvgIpc) is 1.97. The van der Waals surface area contributed by atoms with Gasteiger partial charge in [-0.15, -0.1) is 2.52 Å². The minimum absolute atomic E-state index is 0.431. The van der Waals surface area contributed by atoms with Crippen LogP contribution < -0.4 is 4.72 Å². The Morgan fingerprint density at radius 3 is 2.38 bits per heavy atom. The zero-order valence-corrected chi connectivity index (χ0v) is 11.4. The second kappa shape index (κ2) is 6.40. The first-order valence-corrected chi connectivity index (χ1v) is 6.46. The van der Waals surface area contributed by atoms with Crippen LogP contribution in [0.2, 0.25) is 0 Å². The fourth-order valence-corrected chi connectivity index (χ4v) is 1.74. The molecule has 0 atom stereocenters. The Kier molecular flexibility index (Phi) is 6.85. The molecule has 0 spiro atoms. The first-order chi connectivity index (χ1) is 5.86. The van der Waals surface area contributed by atoms with Crippen molar-refractivity contribution in [2.45, 2.75) is 6.42 Å². The Balaban J connectivity index is 3.66. The van der Waals surface area contributed by atoms with E-state index in [0.29, 0.717) is 6.54 Å². The standard InChI is InChI=1S/C5H14IN3O2S2/c1-8(12)5-3-4-7-13(10,11)9(2)6/h7,12H,3-5H2,1-2H3. The van der Waals surface area contributed by atoms with Gasteiger partial charge in [-0.05, 0) is 13.5 Å². The number of halogens is 1. The highest BCUT2D eigenvalue weighted by atomic mass is 127. The quantitative estimate of drug-likeness (QED) is 0.316. The Bertz CT molecular complexity index is 230. The van der Waals surface area contributed by atoms with Crippen LogP contribution in [0.3, 0.4) is 0 Å². The summed E-state index contributed by atoms with van der Waals surface area (Å²) >= 11 is 5.74. The van der Waals surface area contributed by atoms with Crippen molar-refractivity contribution in [1.82, 2.24) is 11.5 Å². The van der Waals surface area contributed by atoms with Crippen molar-refractivity contribution >= 4 is 45.9 Å². The van der Waals surface area contributed by atoms with Crippen LogP contribution in [0, 0.1) is 0 Å². The van der Waals surface area contributed by atoms with Gasteiger partial charge in [-0.25, -0.2) is 4.72 Å². The summed E-state index contributed by atoms with van der Waals surface area (Å²) in [5.41, 5.74) is 0. The lowest BCUT2D eigenvalue weighted by Gasteiger charge is -2.11. The summed E-state index contributed by atoms with van der Waals surface area (Å²) in [5.74, 6) is 0. The molecule has 0 aromatic carbocycles. The summed E-state index contributed by atoms with van der Waals surface area (Å²) in [7, 11) is 0.0317. The molecular formula is C5H14IN3O2S2. The zero-order chi connectivity index (χ0) is 10.5. The Morgan fingerprint density at radius 2 is 2.00 bits per heavy atom. The SMILES string of the molecule is CN(S)CCCNS(=O)(=O)N(C)I. The van der Waals surface area contributed by atoms with E-state index in [9.17, 15) is 8.42 Å². The molecule has 0 aromatic rings. The maximum absolute atomic E-state index is 11.1. The van der Waals surface area contributed by atoms with Gasteiger partial charge in [0.05, 0.1) is 0 Å². The van der Waals surface area contributed by atoms with Gasteiger partial charge in [0.15, 0.2) is 0 Å². The number of hydrogen-bond acceptors (Lipinski definition) is 4. The monoisotopic (exact) mass is 339 g/mol. The van der Waals surface area contributed by atoms with Crippen molar-refractivity contribution in [1.29, 1.82) is 0 Å². The lowest BCUT2D eigenvalue weighted by molar-refractivity contribution is 0.526. The minimum Gasteiger partial charge on any atom is -0.256 e. The van der Waals surface area contributed by atoms with E-state index in [2.05, 4.69) is 17.5 Å². The van der Waals surface area contributed by atoms with Crippen molar-refractivity contribution in [2.75, 3.05) is 27.2 Å². The predicted molar refractivity (Wildman–Crippen MR) is 64.9 cm³/mol. The first-order valence-electron chi connectivity index (χ1n) is 3.65. The molecule has 0 unspecified atom stereocenters. The molecule has 0 aliphatic rings. The molecule has 0 bridgehead atoms. The highest BCUT2D eigenvalue weighted by molar-refractivity contribution is 14.1. The molecule has 0 rings (SSSR count). The highest BCUT2D eigenvalue weighted by Gasteiger charge is 2.12. The zero-order valence-electron chi connectivity index (χ0n) is 7.57. The molecule has 0 heterocycles. The number of rotatable bonds is 6. The van der Waals surface area contributed by atoms with E-state index in [1.54, 1.807) is 27.2 Å². The number of nitrogens with zero attached hydrogens (tertiary/aromatic N) is 2. The molecule has 1 N–H and O–H groups in total. The van der Waals surface area contributed by atoms with E-state index in [1.165, 1.54) is 7.05 Å². The van der Waals surface area contributed by atoms with Crippen molar-refractivity contribution in [3.05, 3.63) is 0 Å². The van der Waals surface area contributed by atoms with Crippen molar-refractivity contribution in [2.24, 2.45) is 0 Å². The van der Waals surface area contributed by atoms with E-state index < -0.39 is 10.2 Å². The van der Waals surface area contributed by atoms with Crippen LogP contribution in [0.15, 0.2) is 0 Å². The van der Waals surface area contributed by atoms with Crippen LogP contribution in [-0.4, -0.2) is 42.4 Å². The predicted octanol–water partition coefficient (Wildman–Crippen LogP) is 0.269. The fraction of sp³-hybridized carbons (Fsp3) is 1.00. The van der Waals surface area contributed by atoms with Crippen LogP contribution in [0.1, 0.15) is 6.42 Å². The van der Waals surface area contributed by atoms with Crippen LogP contribution in [0.25, 0.3) is 0 Å². The first kappa shape index (κ1) is 13.9. The van der Waals surface area contributed by atoms with Gasteiger partial charge in [-0.2, -0.15) is 8.42 Å². The summed E-state index contributed by atoms with van der Waals surface area (Å²) in [6.45, 7) is 1.18. The largest absolute Gasteiger partial charge is 0.287 e. The summed E-state index contributed by atoms with van der Waals surface area (Å²) in [6.07, 6.45) is 0.740. The second-order valence-electron chi connectivity index (χ2n) is 2.52. The van der Waals surface area contributed by atoms with Crippen molar-refractivity contribution in [3.63, 3.8) is 0 Å². The molecule has 0 aliphatic heterocycles. The van der Waals surface area contributed by atoms with Crippen LogP contribution in [0.4, 0.5) is 0 Å². The van der Waals surface area contributed by atoms with Gasteiger partial charge in [0, 0.05) is 43.0 Å². The molecule has 13 heavy (non-hydrogen) atoms. The highest BCUT2D eigenvalue weighted by Crippen LogP contribution is 2.00. The van der Waals surface area contributed by atoms with Gasteiger partial charge >= 0.3 is 0 Å². The van der Waals surface area contributed by atoms with Gasteiger partial charge < -0.3 is 0 Å². The average molecular weight is 339 g/mol. The van der Waals surface area contributed by atoms with Gasteiger partial charge in [-0.3, -0.25) is 4.31 Å². The van der Waals surface area contributed by atoms with Gasteiger partial charge in [0.25, 0.3) is 10.2 Å². The normalized spacial score (nSPS) is 12.8. The van der Waals surface area contributed by atoms with E-state index in [-0.39, 0.29) is 0 Å². The summed E-state index contributed by atoms with van der Waals surface area (Å²) in [4.78, 5) is 0. The molecule has 80 valence electrons. The van der Waals surface area contributed by atoms with Gasteiger partial charge in [0.1, 0.15) is 0 Å². The smallest absolute Gasteiger partial charge is 0.256 e. The topological polar surface area (TPSA) is 52.7 Å². The fourth-order valence-electron chi connectivity index (χ4n) is 0.598. The molecule has 0 aromatic heterocycles. The van der Waals surface area contributed by atoms with E-state index in [4.69, 9.17) is 0 Å². The van der Waals surface area contributed by atoms with Gasteiger partial charge in [-0.1, -0.05) is 12.8 Å². The van der Waals surface area contributed by atoms with Crippen molar-refractivity contribution < 1.29 is 8.42 Å². The van der Waals surface area contributed by atoms with Crippen LogP contribution in [-0.2, 0) is 10.2 Å². The molecule has 0 amide bonds. The molecule has 5 nitrogen and oxygen atoms in total. The lowest BCUT2D eigenvalue weighted by Crippen LogP contribution is -2.33. The van der Waals surface area contributed by atoms with E-state index >= 15 is 0 Å². The summed E-state index contributed by atoms with van der Waals surface area (Å²) in [6, 6.07) is 0. The maximum atomic E-state index is 11.1. The van der Waals surface area contributed by atoms with Crippen molar-refractivity contribution in [3.8, 4) is 0 Å².